The number of hydrogen-bond acceptors (Lipinski definition) is 5. The van der Waals surface area contributed by atoms with E-state index in [4.69, 9.17) is 22.2 Å². The lowest BCUT2D eigenvalue weighted by atomic mass is 9.99. The van der Waals surface area contributed by atoms with Crippen LogP contribution in [0.25, 0.3) is 0 Å². The van der Waals surface area contributed by atoms with Gasteiger partial charge in [-0.25, -0.2) is 0 Å². The quantitative estimate of drug-likeness (QED) is 0.495. The van der Waals surface area contributed by atoms with Crippen molar-refractivity contribution in [2.75, 3.05) is 34.8 Å². The Labute approximate surface area is 193 Å². The summed E-state index contributed by atoms with van der Waals surface area (Å²) in [4.78, 5) is 14.7. The van der Waals surface area contributed by atoms with Crippen LogP contribution in [0, 0.1) is 5.92 Å². The molecule has 31 heavy (non-hydrogen) atoms. The topological polar surface area (TPSA) is 56.3 Å². The molecule has 3 fully saturated rings. The molecule has 1 aromatic heterocycles. The van der Waals surface area contributed by atoms with Gasteiger partial charge in [-0.3, -0.25) is 0 Å². The van der Waals surface area contributed by atoms with Gasteiger partial charge in [-0.1, -0.05) is 32.6 Å². The molecular weight excluding hydrogens is 404 g/mol. The molecule has 0 amide bonds. The highest BCUT2D eigenvalue weighted by Gasteiger charge is 2.24. The van der Waals surface area contributed by atoms with Gasteiger partial charge < -0.3 is 20.4 Å². The first-order valence-electron chi connectivity index (χ1n) is 12.6. The number of rotatable bonds is 4. The predicted octanol–water partition coefficient (Wildman–Crippen LogP) is 5.10. The number of piperidine rings is 2. The molecule has 6 nitrogen and oxygen atoms in total. The second-order valence-electron chi connectivity index (χ2n) is 9.90. The molecule has 0 bridgehead atoms. The van der Waals surface area contributed by atoms with Crippen molar-refractivity contribution in [2.24, 2.45) is 5.92 Å². The number of anilines is 3. The normalized spacial score (nSPS) is 24.0. The average molecular weight is 445 g/mol. The Morgan fingerprint density at radius 2 is 1.55 bits per heavy atom. The van der Waals surface area contributed by atoms with Crippen molar-refractivity contribution < 1.29 is 0 Å². The smallest absolute Gasteiger partial charge is 0.232 e. The molecule has 172 valence electrons. The summed E-state index contributed by atoms with van der Waals surface area (Å²) in [5, 5.41) is 7.53. The molecule has 7 heteroatoms. The van der Waals surface area contributed by atoms with Gasteiger partial charge in [0.15, 0.2) is 5.11 Å². The van der Waals surface area contributed by atoms with Gasteiger partial charge in [-0.15, -0.1) is 0 Å². The first-order valence-corrected chi connectivity index (χ1v) is 13.0. The molecule has 2 aliphatic heterocycles. The summed E-state index contributed by atoms with van der Waals surface area (Å²) >= 11 is 5.67. The van der Waals surface area contributed by atoms with Crippen molar-refractivity contribution in [3.8, 4) is 0 Å². The highest BCUT2D eigenvalue weighted by Crippen LogP contribution is 2.29. The van der Waals surface area contributed by atoms with E-state index in [9.17, 15) is 0 Å². The second-order valence-corrected chi connectivity index (χ2v) is 10.3. The van der Waals surface area contributed by atoms with Gasteiger partial charge >= 0.3 is 0 Å². The van der Waals surface area contributed by atoms with Crippen LogP contribution in [-0.4, -0.2) is 46.8 Å². The van der Waals surface area contributed by atoms with Gasteiger partial charge in [0.2, 0.25) is 5.95 Å². The Balaban J connectivity index is 1.51. The summed E-state index contributed by atoms with van der Waals surface area (Å²) in [5.74, 6) is 3.51. The van der Waals surface area contributed by atoms with E-state index in [1.165, 1.54) is 70.6 Å². The molecule has 0 unspecified atom stereocenters. The molecule has 4 rings (SSSR count). The highest BCUT2D eigenvalue weighted by molar-refractivity contribution is 7.80. The van der Waals surface area contributed by atoms with Crippen LogP contribution in [0.1, 0.15) is 84.5 Å². The molecule has 2 saturated heterocycles. The maximum Gasteiger partial charge on any atom is 0.232 e. The molecule has 1 aliphatic carbocycles. The van der Waals surface area contributed by atoms with Crippen molar-refractivity contribution in [3.05, 3.63) is 6.07 Å². The van der Waals surface area contributed by atoms with Gasteiger partial charge in [0.25, 0.3) is 0 Å². The minimum Gasteiger partial charge on any atom is -0.360 e. The Morgan fingerprint density at radius 3 is 2.26 bits per heavy atom. The van der Waals surface area contributed by atoms with E-state index >= 15 is 0 Å². The molecule has 2 N–H and O–H groups in total. The Morgan fingerprint density at radius 1 is 0.871 bits per heavy atom. The second kappa shape index (κ2) is 10.8. The zero-order valence-electron chi connectivity index (χ0n) is 19.4. The summed E-state index contributed by atoms with van der Waals surface area (Å²) in [6.07, 6.45) is 13.9. The van der Waals surface area contributed by atoms with Crippen LogP contribution in [-0.2, 0) is 0 Å². The van der Waals surface area contributed by atoms with E-state index in [0.717, 1.165) is 37.2 Å². The van der Waals surface area contributed by atoms with Gasteiger partial charge in [-0.05, 0) is 70.0 Å². The van der Waals surface area contributed by atoms with Crippen molar-refractivity contribution in [1.29, 1.82) is 0 Å². The van der Waals surface area contributed by atoms with Crippen molar-refractivity contribution in [1.82, 2.24) is 15.3 Å². The Hall–Kier alpha value is -1.63. The molecule has 1 atom stereocenters. The van der Waals surface area contributed by atoms with E-state index in [-0.39, 0.29) is 0 Å². The summed E-state index contributed by atoms with van der Waals surface area (Å²) in [6.45, 7) is 7.87. The predicted molar refractivity (Wildman–Crippen MR) is 134 cm³/mol. The first kappa shape index (κ1) is 22.6. The molecule has 0 radical (unpaired) electrons. The Kier molecular flexibility index (Phi) is 7.86. The zero-order valence-corrected chi connectivity index (χ0v) is 20.2. The van der Waals surface area contributed by atoms with Gasteiger partial charge in [0.1, 0.15) is 11.6 Å². The van der Waals surface area contributed by atoms with Gasteiger partial charge in [-0.2, -0.15) is 9.97 Å². The van der Waals surface area contributed by atoms with Crippen LogP contribution in [0.5, 0.6) is 0 Å². The summed E-state index contributed by atoms with van der Waals surface area (Å²) < 4.78 is 0. The molecule has 0 aromatic carbocycles. The molecule has 1 aromatic rings. The Bertz CT molecular complexity index is 725. The fourth-order valence-electron chi connectivity index (χ4n) is 5.21. The van der Waals surface area contributed by atoms with Crippen LogP contribution in [0.4, 0.5) is 17.6 Å². The molecule has 3 heterocycles. The first-order chi connectivity index (χ1) is 15.1. The number of nitrogens with zero attached hydrogens (tertiary/aromatic N) is 4. The summed E-state index contributed by atoms with van der Waals surface area (Å²) in [5.41, 5.74) is 0. The number of hydrogen-bond donors (Lipinski definition) is 2. The molecule has 0 spiro atoms. The minimum absolute atomic E-state index is 0.468. The minimum atomic E-state index is 0.468. The van der Waals surface area contributed by atoms with Gasteiger partial charge in [0, 0.05) is 37.8 Å². The van der Waals surface area contributed by atoms with E-state index in [0.29, 0.717) is 23.1 Å². The largest absolute Gasteiger partial charge is 0.360 e. The van der Waals surface area contributed by atoms with Crippen LogP contribution < -0.4 is 20.4 Å². The number of aromatic nitrogens is 2. The van der Waals surface area contributed by atoms with Crippen LogP contribution in [0.3, 0.4) is 0 Å². The third-order valence-corrected chi connectivity index (χ3v) is 7.54. The monoisotopic (exact) mass is 444 g/mol. The average Bonchev–Trinajstić information content (AvgIpc) is 3.03. The third-order valence-electron chi connectivity index (χ3n) is 7.32. The third kappa shape index (κ3) is 6.21. The van der Waals surface area contributed by atoms with E-state index in [2.05, 4.69) is 40.3 Å². The lowest BCUT2D eigenvalue weighted by molar-refractivity contribution is 0.436. The van der Waals surface area contributed by atoms with Crippen LogP contribution in [0.15, 0.2) is 6.07 Å². The van der Waals surface area contributed by atoms with Crippen LogP contribution in [0.2, 0.25) is 0 Å². The van der Waals surface area contributed by atoms with E-state index in [1.54, 1.807) is 0 Å². The lowest BCUT2D eigenvalue weighted by Gasteiger charge is -2.36. The maximum atomic E-state index is 5.67. The fraction of sp³-hybridized carbons (Fsp3) is 0.792. The van der Waals surface area contributed by atoms with Crippen molar-refractivity contribution in [3.63, 3.8) is 0 Å². The van der Waals surface area contributed by atoms with Crippen LogP contribution >= 0.6 is 12.2 Å². The molecular formula is C24H40N6S. The summed E-state index contributed by atoms with van der Waals surface area (Å²) in [6, 6.07) is 3.18. The highest BCUT2D eigenvalue weighted by atomic mass is 32.1. The maximum absolute atomic E-state index is 5.67. The standard InChI is InChI=1S/C24H40N6S/c1-18-12-15-29(16-13-18)21-17-22(30-14-8-7-9-19(30)2)27-23(26-21)28-24(31)25-20-10-5-3-4-6-11-20/h17-20H,3-16H2,1-2H3,(H2,25,26,27,28,31)/t19-/m0/s1. The van der Waals surface area contributed by atoms with E-state index in [1.807, 2.05) is 0 Å². The zero-order chi connectivity index (χ0) is 21.6. The van der Waals surface area contributed by atoms with Crippen molar-refractivity contribution in [2.45, 2.75) is 96.6 Å². The number of nitrogens with one attached hydrogen (secondary N) is 2. The van der Waals surface area contributed by atoms with E-state index < -0.39 is 0 Å². The van der Waals surface area contributed by atoms with Gasteiger partial charge in [0.05, 0.1) is 0 Å². The summed E-state index contributed by atoms with van der Waals surface area (Å²) in [7, 11) is 0. The SMILES string of the molecule is CC1CCN(c2cc(N3CCCC[C@@H]3C)nc(NC(=S)NC3CCCCCC3)n2)CC1. The van der Waals surface area contributed by atoms with Crippen molar-refractivity contribution >= 4 is 34.9 Å². The molecule has 3 aliphatic rings. The number of thiocarbonyl (C=S) groups is 1. The lowest BCUT2D eigenvalue weighted by Crippen LogP contribution is -2.40. The molecule has 1 saturated carbocycles. The fourth-order valence-corrected chi connectivity index (χ4v) is 5.47.